The monoisotopic (exact) mass is 352 g/mol. The highest BCUT2D eigenvalue weighted by atomic mass is 16.2. The second-order valence-corrected chi connectivity index (χ2v) is 6.72. The largest absolute Gasteiger partial charge is 0.326 e. The second-order valence-electron chi connectivity index (χ2n) is 6.72. The van der Waals surface area contributed by atoms with E-state index in [4.69, 9.17) is 0 Å². The van der Waals surface area contributed by atoms with Gasteiger partial charge in [-0.2, -0.15) is 0 Å². The summed E-state index contributed by atoms with van der Waals surface area (Å²) in [7, 11) is 0. The summed E-state index contributed by atoms with van der Waals surface area (Å²) in [6.45, 7) is 10.00. The Labute approximate surface area is 156 Å². The number of carbonyl (C=O) groups is 2. The summed E-state index contributed by atoms with van der Waals surface area (Å²) >= 11 is 0. The van der Waals surface area contributed by atoms with Crippen LogP contribution in [0.1, 0.15) is 42.5 Å². The van der Waals surface area contributed by atoms with Crippen molar-refractivity contribution >= 4 is 23.2 Å². The fourth-order valence-electron chi connectivity index (χ4n) is 3.31. The fourth-order valence-corrected chi connectivity index (χ4v) is 3.31. The first-order valence-corrected chi connectivity index (χ1v) is 9.07. The number of carbonyl (C=O) groups excluding carboxylic acids is 2. The molecule has 2 aromatic carbocycles. The molecule has 1 N–H and O–H groups in total. The molecule has 2 amide bonds. The quantitative estimate of drug-likeness (QED) is 0.829. The molecule has 4 heteroatoms. The number of hydrogen-bond donors (Lipinski definition) is 1. The Balaban J connectivity index is 2.10. The zero-order chi connectivity index (χ0) is 19.3. The van der Waals surface area contributed by atoms with Gasteiger partial charge in [0.2, 0.25) is 11.8 Å². The van der Waals surface area contributed by atoms with Crippen molar-refractivity contribution in [3.63, 3.8) is 0 Å². The van der Waals surface area contributed by atoms with Gasteiger partial charge in [0.1, 0.15) is 0 Å². The molecular weight excluding hydrogens is 324 g/mol. The fraction of sp³-hybridized carbons (Fsp3) is 0.364. The normalized spacial score (nSPS) is 10.5. The third kappa shape index (κ3) is 4.72. The van der Waals surface area contributed by atoms with Crippen molar-refractivity contribution in [2.24, 2.45) is 0 Å². The molecule has 26 heavy (non-hydrogen) atoms. The van der Waals surface area contributed by atoms with Crippen LogP contribution in [-0.2, 0) is 16.0 Å². The van der Waals surface area contributed by atoms with E-state index in [1.54, 1.807) is 11.8 Å². The first-order chi connectivity index (χ1) is 12.3. The van der Waals surface area contributed by atoms with Crippen LogP contribution >= 0.6 is 0 Å². The van der Waals surface area contributed by atoms with Crippen LogP contribution in [0.2, 0.25) is 0 Å². The zero-order valence-electron chi connectivity index (χ0n) is 16.3. The molecule has 2 aromatic rings. The molecule has 0 atom stereocenters. The standard InChI is InChI=1S/C22H28N2O2/c1-6-19-9-7-8-10-20(19)24(18(5)25)12-11-21(26)23-22-16(3)13-15(2)14-17(22)4/h7-10,13-14H,6,11-12H2,1-5H3,(H,23,26). The molecule has 138 valence electrons. The lowest BCUT2D eigenvalue weighted by Crippen LogP contribution is -2.32. The van der Waals surface area contributed by atoms with Crippen molar-refractivity contribution in [3.8, 4) is 0 Å². The minimum absolute atomic E-state index is 0.0543. The molecule has 0 saturated carbocycles. The smallest absolute Gasteiger partial charge is 0.226 e. The van der Waals surface area contributed by atoms with Gasteiger partial charge in [-0.25, -0.2) is 0 Å². The summed E-state index contributed by atoms with van der Waals surface area (Å²) in [4.78, 5) is 26.3. The first-order valence-electron chi connectivity index (χ1n) is 9.07. The molecular formula is C22H28N2O2. The van der Waals surface area contributed by atoms with E-state index < -0.39 is 0 Å². The molecule has 0 aliphatic carbocycles. The Morgan fingerprint density at radius 1 is 1.04 bits per heavy atom. The van der Waals surface area contributed by atoms with Crippen LogP contribution in [0.3, 0.4) is 0 Å². The molecule has 0 radical (unpaired) electrons. The summed E-state index contributed by atoms with van der Waals surface area (Å²) in [5, 5.41) is 3.00. The third-order valence-corrected chi connectivity index (χ3v) is 4.55. The van der Waals surface area contributed by atoms with E-state index in [9.17, 15) is 9.59 Å². The van der Waals surface area contributed by atoms with Crippen LogP contribution in [-0.4, -0.2) is 18.4 Å². The Bertz CT molecular complexity index is 789. The molecule has 4 nitrogen and oxygen atoms in total. The average Bonchev–Trinajstić information content (AvgIpc) is 2.58. The topological polar surface area (TPSA) is 49.4 Å². The maximum absolute atomic E-state index is 12.5. The van der Waals surface area contributed by atoms with Crippen molar-refractivity contribution in [3.05, 3.63) is 58.7 Å². The molecule has 0 unspecified atom stereocenters. The highest BCUT2D eigenvalue weighted by molar-refractivity contribution is 5.96. The molecule has 0 aliphatic heterocycles. The van der Waals surface area contributed by atoms with Crippen LogP contribution in [0.25, 0.3) is 0 Å². The van der Waals surface area contributed by atoms with Crippen LogP contribution in [0.15, 0.2) is 36.4 Å². The highest BCUT2D eigenvalue weighted by Crippen LogP contribution is 2.23. The summed E-state index contributed by atoms with van der Waals surface area (Å²) in [6.07, 6.45) is 1.10. The minimum atomic E-state index is -0.0831. The van der Waals surface area contributed by atoms with Crippen molar-refractivity contribution < 1.29 is 9.59 Å². The second kappa shape index (κ2) is 8.65. The van der Waals surface area contributed by atoms with Gasteiger partial charge in [0.15, 0.2) is 0 Å². The van der Waals surface area contributed by atoms with Crippen LogP contribution in [0, 0.1) is 20.8 Å². The van der Waals surface area contributed by atoms with Gasteiger partial charge < -0.3 is 10.2 Å². The summed E-state index contributed by atoms with van der Waals surface area (Å²) < 4.78 is 0. The Kier molecular flexibility index (Phi) is 6.56. The van der Waals surface area contributed by atoms with E-state index in [1.165, 1.54) is 5.56 Å². The van der Waals surface area contributed by atoms with Crippen molar-refractivity contribution in [2.75, 3.05) is 16.8 Å². The molecule has 0 aromatic heterocycles. The number of hydrogen-bond acceptors (Lipinski definition) is 2. The lowest BCUT2D eigenvalue weighted by molar-refractivity contribution is -0.117. The van der Waals surface area contributed by atoms with E-state index in [2.05, 4.69) is 24.4 Å². The number of aryl methyl sites for hydroxylation is 4. The van der Waals surface area contributed by atoms with Gasteiger partial charge in [-0.05, 0) is 49.9 Å². The number of amides is 2. The lowest BCUT2D eigenvalue weighted by Gasteiger charge is -2.23. The zero-order valence-corrected chi connectivity index (χ0v) is 16.3. The Morgan fingerprint density at radius 3 is 2.23 bits per heavy atom. The van der Waals surface area contributed by atoms with Gasteiger partial charge in [0.05, 0.1) is 0 Å². The molecule has 2 rings (SSSR count). The lowest BCUT2D eigenvalue weighted by atomic mass is 10.0. The first kappa shape index (κ1) is 19.7. The summed E-state index contributed by atoms with van der Waals surface area (Å²) in [5.74, 6) is -0.137. The van der Waals surface area contributed by atoms with Gasteiger partial charge in [0, 0.05) is 31.3 Å². The Hall–Kier alpha value is -2.62. The Morgan fingerprint density at radius 2 is 1.65 bits per heavy atom. The van der Waals surface area contributed by atoms with Gasteiger partial charge in [0.25, 0.3) is 0 Å². The number of para-hydroxylation sites is 1. The number of nitrogens with one attached hydrogen (secondary N) is 1. The van der Waals surface area contributed by atoms with Crippen LogP contribution < -0.4 is 10.2 Å². The van der Waals surface area contributed by atoms with E-state index in [1.807, 2.05) is 45.0 Å². The molecule has 0 fully saturated rings. The summed E-state index contributed by atoms with van der Waals surface area (Å²) in [6, 6.07) is 12.0. The molecule has 0 heterocycles. The number of rotatable bonds is 6. The highest BCUT2D eigenvalue weighted by Gasteiger charge is 2.16. The van der Waals surface area contributed by atoms with Crippen molar-refractivity contribution in [1.82, 2.24) is 0 Å². The average molecular weight is 352 g/mol. The van der Waals surface area contributed by atoms with Crippen LogP contribution in [0.5, 0.6) is 0 Å². The number of anilines is 2. The maximum Gasteiger partial charge on any atom is 0.226 e. The molecule has 0 spiro atoms. The van der Waals surface area contributed by atoms with Gasteiger partial charge in [-0.3, -0.25) is 9.59 Å². The summed E-state index contributed by atoms with van der Waals surface area (Å²) in [5.41, 5.74) is 6.14. The molecule has 0 bridgehead atoms. The van der Waals surface area contributed by atoms with Crippen molar-refractivity contribution in [1.29, 1.82) is 0 Å². The number of nitrogens with zero attached hydrogens (tertiary/aromatic N) is 1. The SMILES string of the molecule is CCc1ccccc1N(CCC(=O)Nc1c(C)cc(C)cc1C)C(C)=O. The molecule has 0 aliphatic rings. The minimum Gasteiger partial charge on any atom is -0.326 e. The number of benzene rings is 2. The predicted octanol–water partition coefficient (Wildman–Crippen LogP) is 4.56. The third-order valence-electron chi connectivity index (χ3n) is 4.55. The van der Waals surface area contributed by atoms with E-state index in [0.717, 1.165) is 34.5 Å². The van der Waals surface area contributed by atoms with Gasteiger partial charge in [-0.1, -0.05) is 42.8 Å². The van der Waals surface area contributed by atoms with E-state index in [-0.39, 0.29) is 18.2 Å². The molecule has 0 saturated heterocycles. The van der Waals surface area contributed by atoms with E-state index >= 15 is 0 Å². The predicted molar refractivity (Wildman–Crippen MR) is 108 cm³/mol. The maximum atomic E-state index is 12.5. The van der Waals surface area contributed by atoms with Crippen molar-refractivity contribution in [2.45, 2.75) is 47.5 Å². The van der Waals surface area contributed by atoms with Crippen LogP contribution in [0.4, 0.5) is 11.4 Å². The van der Waals surface area contributed by atoms with Gasteiger partial charge in [-0.15, -0.1) is 0 Å². The van der Waals surface area contributed by atoms with E-state index in [0.29, 0.717) is 6.54 Å². The van der Waals surface area contributed by atoms with Gasteiger partial charge >= 0.3 is 0 Å².